The van der Waals surface area contributed by atoms with Gasteiger partial charge in [0.05, 0.1) is 6.61 Å². The van der Waals surface area contributed by atoms with E-state index in [1.807, 2.05) is 13.8 Å². The van der Waals surface area contributed by atoms with Crippen molar-refractivity contribution in [1.29, 1.82) is 0 Å². The molecule has 1 fully saturated rings. The fourth-order valence-electron chi connectivity index (χ4n) is 1.94. The van der Waals surface area contributed by atoms with E-state index < -0.39 is 12.0 Å². The smallest absolute Gasteiger partial charge is 0.322 e. The Morgan fingerprint density at radius 3 is 2.93 bits per heavy atom. The van der Waals surface area contributed by atoms with Crippen molar-refractivity contribution in [3.63, 3.8) is 0 Å². The molecule has 1 aliphatic heterocycles. The molecule has 0 radical (unpaired) electrons. The average Bonchev–Trinajstić information content (AvgIpc) is 2.40. The normalized spacial score (nSPS) is 28.1. The molecule has 3 N–H and O–H groups in total. The van der Waals surface area contributed by atoms with Crippen molar-refractivity contribution >= 4 is 5.97 Å². The van der Waals surface area contributed by atoms with Crippen LogP contribution in [-0.2, 0) is 9.53 Å². The van der Waals surface area contributed by atoms with E-state index in [1.165, 1.54) is 0 Å². The number of nitrogens with two attached hydrogens (primary N) is 1. The Bertz CT molecular complexity index is 223. The number of carboxylic acids is 1. The Morgan fingerprint density at radius 2 is 2.33 bits per heavy atom. The molecule has 5 nitrogen and oxygen atoms in total. The third-order valence-electron chi connectivity index (χ3n) is 2.96. The number of rotatable bonds is 3. The molecule has 0 bridgehead atoms. The highest BCUT2D eigenvalue weighted by molar-refractivity contribution is 5.74. The van der Waals surface area contributed by atoms with Gasteiger partial charge in [0.1, 0.15) is 6.04 Å². The van der Waals surface area contributed by atoms with Crippen LogP contribution in [0.1, 0.15) is 20.3 Å². The topological polar surface area (TPSA) is 75.8 Å². The number of carboxylic acid groups (broad SMARTS) is 1. The molecule has 1 aliphatic rings. The summed E-state index contributed by atoms with van der Waals surface area (Å²) < 4.78 is 5.40. The van der Waals surface area contributed by atoms with Gasteiger partial charge in [-0.3, -0.25) is 9.69 Å². The van der Waals surface area contributed by atoms with Gasteiger partial charge in [-0.2, -0.15) is 0 Å². The highest BCUT2D eigenvalue weighted by Gasteiger charge is 2.29. The van der Waals surface area contributed by atoms with Crippen LogP contribution in [0.25, 0.3) is 0 Å². The van der Waals surface area contributed by atoms with Crippen molar-refractivity contribution in [2.75, 3.05) is 19.8 Å². The molecule has 0 saturated carbocycles. The van der Waals surface area contributed by atoms with Crippen LogP contribution in [0.5, 0.6) is 0 Å². The number of hydrogen-bond acceptors (Lipinski definition) is 4. The molecular weight excluding hydrogens is 196 g/mol. The van der Waals surface area contributed by atoms with Crippen LogP contribution in [0.3, 0.4) is 0 Å². The molecule has 88 valence electrons. The van der Waals surface area contributed by atoms with Gasteiger partial charge in [0.25, 0.3) is 0 Å². The van der Waals surface area contributed by atoms with E-state index in [9.17, 15) is 4.79 Å². The van der Waals surface area contributed by atoms with Crippen LogP contribution in [-0.4, -0.2) is 53.9 Å². The summed E-state index contributed by atoms with van der Waals surface area (Å²) in [5.41, 5.74) is 5.62. The highest BCUT2D eigenvalue weighted by Crippen LogP contribution is 2.13. The van der Waals surface area contributed by atoms with E-state index in [2.05, 4.69) is 4.90 Å². The fourth-order valence-corrected chi connectivity index (χ4v) is 1.94. The lowest BCUT2D eigenvalue weighted by molar-refractivity contribution is -0.140. The molecule has 0 aromatic heterocycles. The van der Waals surface area contributed by atoms with E-state index in [4.69, 9.17) is 15.6 Å². The molecule has 0 amide bonds. The number of ether oxygens (including phenoxy) is 1. The molecule has 3 atom stereocenters. The summed E-state index contributed by atoms with van der Waals surface area (Å²) in [5, 5.41) is 8.86. The minimum absolute atomic E-state index is 0.154. The van der Waals surface area contributed by atoms with Crippen molar-refractivity contribution in [1.82, 2.24) is 4.90 Å². The Morgan fingerprint density at radius 1 is 1.67 bits per heavy atom. The first-order chi connectivity index (χ1) is 7.04. The van der Waals surface area contributed by atoms with Crippen molar-refractivity contribution in [3.05, 3.63) is 0 Å². The zero-order chi connectivity index (χ0) is 11.4. The Balaban J connectivity index is 2.62. The molecule has 3 unspecified atom stereocenters. The highest BCUT2D eigenvalue weighted by atomic mass is 16.5. The number of nitrogens with zero attached hydrogens (tertiary/aromatic N) is 1. The summed E-state index contributed by atoms with van der Waals surface area (Å²) in [6.45, 7) is 6.15. The van der Waals surface area contributed by atoms with Gasteiger partial charge < -0.3 is 15.6 Å². The van der Waals surface area contributed by atoms with Crippen LogP contribution in [0, 0.1) is 0 Å². The van der Waals surface area contributed by atoms with Gasteiger partial charge in [0.2, 0.25) is 0 Å². The second-order valence-corrected chi connectivity index (χ2v) is 4.12. The van der Waals surface area contributed by atoms with Crippen LogP contribution in [0.2, 0.25) is 0 Å². The Hall–Kier alpha value is -0.650. The number of carbonyl (C=O) groups is 1. The molecule has 0 spiro atoms. The maximum absolute atomic E-state index is 10.8. The van der Waals surface area contributed by atoms with Crippen molar-refractivity contribution in [3.8, 4) is 0 Å². The molecule has 15 heavy (non-hydrogen) atoms. The van der Waals surface area contributed by atoms with Crippen molar-refractivity contribution in [2.24, 2.45) is 5.73 Å². The predicted molar refractivity (Wildman–Crippen MR) is 56.7 cm³/mol. The van der Waals surface area contributed by atoms with E-state index in [-0.39, 0.29) is 12.1 Å². The lowest BCUT2D eigenvalue weighted by Crippen LogP contribution is -2.53. The first kappa shape index (κ1) is 12.4. The zero-order valence-electron chi connectivity index (χ0n) is 9.35. The lowest BCUT2D eigenvalue weighted by atomic mass is 10.1. The first-order valence-electron chi connectivity index (χ1n) is 5.36. The fraction of sp³-hybridized carbons (Fsp3) is 0.900. The third kappa shape index (κ3) is 3.15. The quantitative estimate of drug-likeness (QED) is 0.689. The van der Waals surface area contributed by atoms with Gasteiger partial charge in [-0.1, -0.05) is 0 Å². The van der Waals surface area contributed by atoms with Crippen LogP contribution >= 0.6 is 0 Å². The minimum atomic E-state index is -0.945. The molecule has 0 aliphatic carbocycles. The Labute approximate surface area is 90.2 Å². The molecular formula is C10H20N2O3. The van der Waals surface area contributed by atoms with Crippen molar-refractivity contribution < 1.29 is 14.6 Å². The van der Waals surface area contributed by atoms with Gasteiger partial charge in [-0.05, 0) is 20.3 Å². The zero-order valence-corrected chi connectivity index (χ0v) is 9.35. The summed E-state index contributed by atoms with van der Waals surface area (Å²) in [4.78, 5) is 12.9. The molecule has 5 heteroatoms. The SMILES string of the molecule is CC1COCCCN1C(C)C(N)C(=O)O. The van der Waals surface area contributed by atoms with E-state index in [1.54, 1.807) is 0 Å². The van der Waals surface area contributed by atoms with Crippen LogP contribution in [0.15, 0.2) is 0 Å². The second kappa shape index (κ2) is 5.44. The number of aliphatic carboxylic acids is 1. The molecule has 0 aromatic rings. The summed E-state index contributed by atoms with van der Waals surface area (Å²) in [7, 11) is 0. The molecule has 1 rings (SSSR count). The summed E-state index contributed by atoms with van der Waals surface area (Å²) in [5.74, 6) is -0.945. The van der Waals surface area contributed by atoms with Crippen molar-refractivity contribution in [2.45, 2.75) is 38.4 Å². The third-order valence-corrected chi connectivity index (χ3v) is 2.96. The Kier molecular flexibility index (Phi) is 4.50. The van der Waals surface area contributed by atoms with Crippen LogP contribution in [0.4, 0.5) is 0 Å². The van der Waals surface area contributed by atoms with E-state index in [0.717, 1.165) is 19.6 Å². The van der Waals surface area contributed by atoms with E-state index >= 15 is 0 Å². The van der Waals surface area contributed by atoms with Gasteiger partial charge in [0, 0.05) is 25.2 Å². The largest absolute Gasteiger partial charge is 0.480 e. The first-order valence-corrected chi connectivity index (χ1v) is 5.36. The average molecular weight is 216 g/mol. The standard InChI is InChI=1S/C10H20N2O3/c1-7-6-15-5-3-4-12(7)8(2)9(11)10(13)14/h7-9H,3-6,11H2,1-2H3,(H,13,14). The summed E-state index contributed by atoms with van der Waals surface area (Å²) in [6, 6.07) is -0.752. The van der Waals surface area contributed by atoms with Gasteiger partial charge >= 0.3 is 5.97 Å². The van der Waals surface area contributed by atoms with Gasteiger partial charge in [-0.15, -0.1) is 0 Å². The minimum Gasteiger partial charge on any atom is -0.480 e. The lowest BCUT2D eigenvalue weighted by Gasteiger charge is -2.34. The van der Waals surface area contributed by atoms with Gasteiger partial charge in [-0.25, -0.2) is 0 Å². The van der Waals surface area contributed by atoms with Crippen LogP contribution < -0.4 is 5.73 Å². The summed E-state index contributed by atoms with van der Waals surface area (Å²) >= 11 is 0. The predicted octanol–water partition coefficient (Wildman–Crippen LogP) is -0.102. The number of hydrogen-bond donors (Lipinski definition) is 2. The van der Waals surface area contributed by atoms with E-state index in [0.29, 0.717) is 6.61 Å². The molecule has 0 aromatic carbocycles. The van der Waals surface area contributed by atoms with Gasteiger partial charge in [0.15, 0.2) is 0 Å². The molecule has 1 heterocycles. The summed E-state index contributed by atoms with van der Waals surface area (Å²) in [6.07, 6.45) is 0.932. The maximum atomic E-state index is 10.8. The second-order valence-electron chi connectivity index (χ2n) is 4.12. The molecule has 1 saturated heterocycles. The monoisotopic (exact) mass is 216 g/mol. The maximum Gasteiger partial charge on any atom is 0.322 e.